The standard InChI is InChI=1S/C18H23O2Si/c1-16(13-14-20-15-19-2)21(17-9-5-3-6-10-17)18-11-7-4-8-12-18/h3-12,16H,13-15H2,1-2H3/t16-/m0/s1. The quantitative estimate of drug-likeness (QED) is 0.424. The maximum Gasteiger partial charge on any atom is 0.146 e. The largest absolute Gasteiger partial charge is 0.359 e. The van der Waals surface area contributed by atoms with Gasteiger partial charge in [0.05, 0.1) is 0 Å². The lowest BCUT2D eigenvalue weighted by atomic mass is 10.3. The molecule has 0 aliphatic carbocycles. The molecule has 0 spiro atoms. The van der Waals surface area contributed by atoms with Gasteiger partial charge in [-0.1, -0.05) is 78.0 Å². The van der Waals surface area contributed by atoms with Crippen molar-refractivity contribution in [1.82, 2.24) is 0 Å². The fourth-order valence-electron chi connectivity index (χ4n) is 2.52. The summed E-state index contributed by atoms with van der Waals surface area (Å²) in [7, 11) is 0.874. The van der Waals surface area contributed by atoms with Crippen LogP contribution in [0.25, 0.3) is 0 Å². The molecule has 2 nitrogen and oxygen atoms in total. The summed E-state index contributed by atoms with van der Waals surface area (Å²) in [5.41, 5.74) is 0.608. The normalized spacial score (nSPS) is 12.5. The lowest BCUT2D eigenvalue weighted by molar-refractivity contribution is -0.0312. The zero-order valence-corrected chi connectivity index (χ0v) is 13.8. The first kappa shape index (κ1) is 16.0. The topological polar surface area (TPSA) is 18.5 Å². The number of hydrogen-bond acceptors (Lipinski definition) is 2. The fraction of sp³-hybridized carbons (Fsp3) is 0.333. The van der Waals surface area contributed by atoms with E-state index < -0.39 is 8.80 Å². The summed E-state index contributed by atoms with van der Waals surface area (Å²) in [5.74, 6) is 0. The zero-order chi connectivity index (χ0) is 14.9. The monoisotopic (exact) mass is 299 g/mol. The van der Waals surface area contributed by atoms with E-state index in [1.807, 2.05) is 0 Å². The van der Waals surface area contributed by atoms with Gasteiger partial charge in [0.15, 0.2) is 0 Å². The van der Waals surface area contributed by atoms with Gasteiger partial charge in [-0.25, -0.2) is 0 Å². The predicted octanol–water partition coefficient (Wildman–Crippen LogP) is 2.70. The van der Waals surface area contributed by atoms with Crippen LogP contribution in [0, 0.1) is 0 Å². The Balaban J connectivity index is 2.13. The van der Waals surface area contributed by atoms with Gasteiger partial charge in [-0.2, -0.15) is 0 Å². The molecule has 0 saturated heterocycles. The highest BCUT2D eigenvalue weighted by atomic mass is 28.3. The molecule has 0 aliphatic rings. The number of methoxy groups -OCH3 is 1. The van der Waals surface area contributed by atoms with Gasteiger partial charge < -0.3 is 9.47 Å². The average molecular weight is 299 g/mol. The lowest BCUT2D eigenvalue weighted by Gasteiger charge is -2.23. The van der Waals surface area contributed by atoms with Gasteiger partial charge in [0.25, 0.3) is 0 Å². The molecule has 0 amide bonds. The molecule has 1 atom stereocenters. The fourth-order valence-corrected chi connectivity index (χ4v) is 5.50. The van der Waals surface area contributed by atoms with Crippen LogP contribution in [-0.2, 0) is 9.47 Å². The summed E-state index contributed by atoms with van der Waals surface area (Å²) < 4.78 is 10.4. The Kier molecular flexibility index (Phi) is 6.67. The van der Waals surface area contributed by atoms with Gasteiger partial charge in [-0.05, 0) is 12.0 Å². The molecule has 0 aromatic heterocycles. The minimum atomic E-state index is -0.785. The molecule has 2 aromatic carbocycles. The van der Waals surface area contributed by atoms with Crippen LogP contribution in [0.1, 0.15) is 13.3 Å². The Morgan fingerprint density at radius 2 is 1.43 bits per heavy atom. The van der Waals surface area contributed by atoms with E-state index in [9.17, 15) is 0 Å². The Bertz CT molecular complexity index is 462. The first-order valence-electron chi connectivity index (χ1n) is 7.37. The van der Waals surface area contributed by atoms with Gasteiger partial charge in [0.2, 0.25) is 0 Å². The molecular weight excluding hydrogens is 276 g/mol. The molecule has 3 heteroatoms. The number of hydrogen-bond donors (Lipinski definition) is 0. The van der Waals surface area contributed by atoms with Crippen molar-refractivity contribution >= 4 is 19.2 Å². The van der Waals surface area contributed by atoms with Crippen molar-refractivity contribution in [2.24, 2.45) is 0 Å². The van der Waals surface area contributed by atoms with Crippen LogP contribution >= 0.6 is 0 Å². The van der Waals surface area contributed by atoms with Crippen LogP contribution in [0.3, 0.4) is 0 Å². The van der Waals surface area contributed by atoms with E-state index >= 15 is 0 Å². The highest BCUT2D eigenvalue weighted by Gasteiger charge is 2.23. The molecule has 0 unspecified atom stereocenters. The summed E-state index contributed by atoms with van der Waals surface area (Å²) in [6, 6.07) is 21.7. The summed E-state index contributed by atoms with van der Waals surface area (Å²) in [4.78, 5) is 0. The van der Waals surface area contributed by atoms with Gasteiger partial charge in [-0.3, -0.25) is 0 Å². The Morgan fingerprint density at radius 1 is 0.905 bits per heavy atom. The summed E-state index contributed by atoms with van der Waals surface area (Å²) in [6.45, 7) is 3.47. The van der Waals surface area contributed by atoms with Crippen LogP contribution < -0.4 is 10.4 Å². The average Bonchev–Trinajstić information content (AvgIpc) is 2.54. The number of ether oxygens (including phenoxy) is 2. The smallest absolute Gasteiger partial charge is 0.146 e. The van der Waals surface area contributed by atoms with Gasteiger partial charge >= 0.3 is 0 Å². The number of rotatable bonds is 8. The third kappa shape index (κ3) is 4.81. The maximum absolute atomic E-state index is 5.47. The minimum Gasteiger partial charge on any atom is -0.359 e. The molecule has 0 saturated carbocycles. The summed E-state index contributed by atoms with van der Waals surface area (Å²) >= 11 is 0. The third-order valence-electron chi connectivity index (χ3n) is 3.56. The second-order valence-electron chi connectivity index (χ2n) is 5.15. The van der Waals surface area contributed by atoms with Crippen LogP contribution in [-0.4, -0.2) is 29.3 Å². The number of benzene rings is 2. The molecule has 2 aromatic rings. The second kappa shape index (κ2) is 8.77. The Morgan fingerprint density at radius 3 is 1.90 bits per heavy atom. The Hall–Kier alpha value is -1.42. The molecule has 111 valence electrons. The summed E-state index contributed by atoms with van der Waals surface area (Å²) in [5, 5.41) is 2.93. The second-order valence-corrected chi connectivity index (χ2v) is 8.12. The highest BCUT2D eigenvalue weighted by molar-refractivity contribution is 6.86. The van der Waals surface area contributed by atoms with E-state index in [4.69, 9.17) is 9.47 Å². The lowest BCUT2D eigenvalue weighted by Crippen LogP contribution is -2.45. The van der Waals surface area contributed by atoms with Crippen molar-refractivity contribution < 1.29 is 9.47 Å². The molecule has 0 fully saturated rings. The van der Waals surface area contributed by atoms with E-state index in [1.165, 1.54) is 10.4 Å². The van der Waals surface area contributed by atoms with E-state index in [2.05, 4.69) is 67.6 Å². The molecule has 0 aliphatic heterocycles. The van der Waals surface area contributed by atoms with Crippen LogP contribution in [0.15, 0.2) is 60.7 Å². The molecule has 21 heavy (non-hydrogen) atoms. The van der Waals surface area contributed by atoms with E-state index in [-0.39, 0.29) is 0 Å². The molecule has 2 rings (SSSR count). The van der Waals surface area contributed by atoms with Crippen molar-refractivity contribution in [1.29, 1.82) is 0 Å². The van der Waals surface area contributed by atoms with Gasteiger partial charge in [0.1, 0.15) is 15.6 Å². The molecule has 1 radical (unpaired) electrons. The first-order valence-corrected chi connectivity index (χ1v) is 8.95. The van der Waals surface area contributed by atoms with Crippen molar-refractivity contribution in [3.63, 3.8) is 0 Å². The zero-order valence-electron chi connectivity index (χ0n) is 12.8. The highest BCUT2D eigenvalue weighted by Crippen LogP contribution is 2.15. The maximum atomic E-state index is 5.47. The van der Waals surface area contributed by atoms with Crippen LogP contribution in [0.2, 0.25) is 5.54 Å². The molecule has 0 heterocycles. The van der Waals surface area contributed by atoms with E-state index in [0.29, 0.717) is 12.3 Å². The molecule has 0 bridgehead atoms. The predicted molar refractivity (Wildman–Crippen MR) is 89.8 cm³/mol. The van der Waals surface area contributed by atoms with Crippen molar-refractivity contribution in [2.75, 3.05) is 20.5 Å². The molecule has 0 N–H and O–H groups in total. The van der Waals surface area contributed by atoms with E-state index in [0.717, 1.165) is 13.0 Å². The van der Waals surface area contributed by atoms with Gasteiger partial charge in [0, 0.05) is 13.7 Å². The van der Waals surface area contributed by atoms with Gasteiger partial charge in [-0.15, -0.1) is 0 Å². The van der Waals surface area contributed by atoms with Crippen LogP contribution in [0.4, 0.5) is 0 Å². The SMILES string of the molecule is COCOCC[C@H](C)[Si](c1ccccc1)c1ccccc1. The van der Waals surface area contributed by atoms with Crippen LogP contribution in [0.5, 0.6) is 0 Å². The van der Waals surface area contributed by atoms with Crippen molar-refractivity contribution in [3.05, 3.63) is 60.7 Å². The Labute approximate surface area is 129 Å². The third-order valence-corrected chi connectivity index (χ3v) is 6.74. The van der Waals surface area contributed by atoms with Crippen molar-refractivity contribution in [3.8, 4) is 0 Å². The minimum absolute atomic E-state index is 0.380. The first-order chi connectivity index (χ1) is 10.3. The van der Waals surface area contributed by atoms with E-state index in [1.54, 1.807) is 7.11 Å². The summed E-state index contributed by atoms with van der Waals surface area (Å²) in [6.07, 6.45) is 1.06. The van der Waals surface area contributed by atoms with Crippen molar-refractivity contribution in [2.45, 2.75) is 18.9 Å². The molecular formula is C18H23O2Si.